The first-order valence-corrected chi connectivity index (χ1v) is 7.51. The molecule has 1 atom stereocenters. The molecule has 6 nitrogen and oxygen atoms in total. The van der Waals surface area contributed by atoms with Crippen LogP contribution in [-0.4, -0.2) is 37.8 Å². The largest absolute Gasteiger partial charge is 0.366 e. The first kappa shape index (κ1) is 16.9. The van der Waals surface area contributed by atoms with Crippen LogP contribution in [0.1, 0.15) is 23.2 Å². The van der Waals surface area contributed by atoms with Gasteiger partial charge in [-0.15, -0.1) is 12.4 Å². The number of amides is 1. The molecular formula is C12H18ClN3O3S. The highest BCUT2D eigenvalue weighted by Gasteiger charge is 2.29. The van der Waals surface area contributed by atoms with Gasteiger partial charge in [-0.25, -0.2) is 8.42 Å². The molecular weight excluding hydrogens is 302 g/mol. The number of hydrogen-bond acceptors (Lipinski definition) is 4. The quantitative estimate of drug-likeness (QED) is 0.836. The van der Waals surface area contributed by atoms with Crippen molar-refractivity contribution in [2.45, 2.75) is 23.8 Å². The molecule has 4 N–H and O–H groups in total. The predicted octanol–water partition coefficient (Wildman–Crippen LogP) is 0.319. The monoisotopic (exact) mass is 319 g/mol. The van der Waals surface area contributed by atoms with E-state index in [4.69, 9.17) is 11.5 Å². The molecule has 1 heterocycles. The number of rotatable bonds is 3. The molecule has 1 fully saturated rings. The van der Waals surface area contributed by atoms with Crippen molar-refractivity contribution in [2.24, 2.45) is 11.5 Å². The van der Waals surface area contributed by atoms with Crippen molar-refractivity contribution < 1.29 is 13.2 Å². The lowest BCUT2D eigenvalue weighted by Gasteiger charge is -2.29. The Morgan fingerprint density at radius 1 is 1.35 bits per heavy atom. The van der Waals surface area contributed by atoms with Gasteiger partial charge < -0.3 is 11.5 Å². The Balaban J connectivity index is 0.00000200. The minimum atomic E-state index is -3.61. The van der Waals surface area contributed by atoms with Crippen LogP contribution < -0.4 is 11.5 Å². The fourth-order valence-corrected chi connectivity index (χ4v) is 3.73. The number of sulfonamides is 1. The molecule has 1 saturated heterocycles. The van der Waals surface area contributed by atoms with Crippen molar-refractivity contribution in [1.82, 2.24) is 4.31 Å². The van der Waals surface area contributed by atoms with Crippen molar-refractivity contribution in [3.63, 3.8) is 0 Å². The summed E-state index contributed by atoms with van der Waals surface area (Å²) < 4.78 is 26.2. The van der Waals surface area contributed by atoms with Crippen LogP contribution in [0.15, 0.2) is 29.2 Å². The van der Waals surface area contributed by atoms with E-state index in [1.807, 2.05) is 0 Å². The van der Waals surface area contributed by atoms with Gasteiger partial charge in [-0.1, -0.05) is 6.07 Å². The van der Waals surface area contributed by atoms with Crippen LogP contribution >= 0.6 is 12.4 Å². The number of carbonyl (C=O) groups excluding carboxylic acids is 1. The van der Waals surface area contributed by atoms with E-state index in [1.165, 1.54) is 28.6 Å². The molecule has 1 aliphatic rings. The van der Waals surface area contributed by atoms with Gasteiger partial charge in [0.1, 0.15) is 0 Å². The average molecular weight is 320 g/mol. The molecule has 112 valence electrons. The standard InChI is InChI=1S/C12H17N3O3S.ClH/c13-10-4-2-6-15(8-10)19(17,18)11-5-1-3-9(7-11)12(14)16;/h1,3,5,7,10H,2,4,6,8,13H2,(H2,14,16);1H. The van der Waals surface area contributed by atoms with Gasteiger partial charge in [-0.3, -0.25) is 4.79 Å². The minimum absolute atomic E-state index is 0. The summed E-state index contributed by atoms with van der Waals surface area (Å²) in [6, 6.07) is 5.63. The van der Waals surface area contributed by atoms with Gasteiger partial charge in [0, 0.05) is 24.7 Å². The zero-order valence-corrected chi connectivity index (χ0v) is 12.5. The van der Waals surface area contributed by atoms with E-state index in [0.29, 0.717) is 13.1 Å². The van der Waals surface area contributed by atoms with Crippen LogP contribution in [0.2, 0.25) is 0 Å². The lowest BCUT2D eigenvalue weighted by atomic mass is 10.1. The number of nitrogens with two attached hydrogens (primary N) is 2. The Bertz CT molecular complexity index is 591. The van der Waals surface area contributed by atoms with Crippen LogP contribution in [-0.2, 0) is 10.0 Å². The highest BCUT2D eigenvalue weighted by atomic mass is 35.5. The third-order valence-corrected chi connectivity index (χ3v) is 5.04. The van der Waals surface area contributed by atoms with E-state index in [-0.39, 0.29) is 28.9 Å². The molecule has 0 aromatic heterocycles. The second kappa shape index (κ2) is 6.53. The molecule has 1 amide bonds. The third kappa shape index (κ3) is 3.49. The van der Waals surface area contributed by atoms with Crippen molar-refractivity contribution in [1.29, 1.82) is 0 Å². The smallest absolute Gasteiger partial charge is 0.248 e. The molecule has 1 aromatic carbocycles. The van der Waals surface area contributed by atoms with Gasteiger partial charge >= 0.3 is 0 Å². The number of nitrogens with zero attached hydrogens (tertiary/aromatic N) is 1. The summed E-state index contributed by atoms with van der Waals surface area (Å²) in [5.74, 6) is -0.646. The lowest BCUT2D eigenvalue weighted by molar-refractivity contribution is 0.1000. The lowest BCUT2D eigenvalue weighted by Crippen LogP contribution is -2.45. The van der Waals surface area contributed by atoms with E-state index >= 15 is 0 Å². The fraction of sp³-hybridized carbons (Fsp3) is 0.417. The zero-order chi connectivity index (χ0) is 14.0. The number of piperidine rings is 1. The third-order valence-electron chi connectivity index (χ3n) is 3.18. The summed E-state index contributed by atoms with van der Waals surface area (Å²) in [4.78, 5) is 11.2. The van der Waals surface area contributed by atoms with E-state index in [1.54, 1.807) is 0 Å². The normalized spacial score (nSPS) is 20.1. The van der Waals surface area contributed by atoms with E-state index in [2.05, 4.69) is 0 Å². The molecule has 0 spiro atoms. The van der Waals surface area contributed by atoms with Crippen molar-refractivity contribution in [2.75, 3.05) is 13.1 Å². The van der Waals surface area contributed by atoms with Crippen molar-refractivity contribution >= 4 is 28.3 Å². The molecule has 2 rings (SSSR count). The van der Waals surface area contributed by atoms with Crippen molar-refractivity contribution in [3.05, 3.63) is 29.8 Å². The molecule has 8 heteroatoms. The molecule has 1 unspecified atom stereocenters. The second-order valence-corrected chi connectivity index (χ2v) is 6.60. The van der Waals surface area contributed by atoms with Crippen LogP contribution in [0.5, 0.6) is 0 Å². The van der Waals surface area contributed by atoms with E-state index in [9.17, 15) is 13.2 Å². The first-order valence-electron chi connectivity index (χ1n) is 6.07. The Hall–Kier alpha value is -1.15. The summed E-state index contributed by atoms with van der Waals surface area (Å²) in [6.07, 6.45) is 1.57. The number of primary amides is 1. The first-order chi connectivity index (χ1) is 8.91. The van der Waals surface area contributed by atoms with Gasteiger partial charge in [0.15, 0.2) is 0 Å². The maximum absolute atomic E-state index is 12.4. The van der Waals surface area contributed by atoms with Crippen LogP contribution in [0.3, 0.4) is 0 Å². The van der Waals surface area contributed by atoms with Gasteiger partial charge in [-0.2, -0.15) is 4.31 Å². The number of hydrogen-bond donors (Lipinski definition) is 2. The van der Waals surface area contributed by atoms with Gasteiger partial charge in [0.05, 0.1) is 4.90 Å². The van der Waals surface area contributed by atoms with E-state index in [0.717, 1.165) is 12.8 Å². The topological polar surface area (TPSA) is 106 Å². The number of benzene rings is 1. The highest BCUT2D eigenvalue weighted by molar-refractivity contribution is 7.89. The SMILES string of the molecule is Cl.NC(=O)c1cccc(S(=O)(=O)N2CCCC(N)C2)c1. The fourth-order valence-electron chi connectivity index (χ4n) is 2.15. The molecule has 0 radical (unpaired) electrons. The number of halogens is 1. The van der Waals surface area contributed by atoms with Crippen molar-refractivity contribution in [3.8, 4) is 0 Å². The summed E-state index contributed by atoms with van der Waals surface area (Å²) >= 11 is 0. The summed E-state index contributed by atoms with van der Waals surface area (Å²) in [7, 11) is -3.61. The van der Waals surface area contributed by atoms with Gasteiger partial charge in [0.25, 0.3) is 0 Å². The predicted molar refractivity (Wildman–Crippen MR) is 78.2 cm³/mol. The Morgan fingerprint density at radius 3 is 2.65 bits per heavy atom. The van der Waals surface area contributed by atoms with Gasteiger partial charge in [-0.05, 0) is 31.0 Å². The molecule has 0 aliphatic carbocycles. The molecule has 0 saturated carbocycles. The molecule has 20 heavy (non-hydrogen) atoms. The summed E-state index contributed by atoms with van der Waals surface area (Å²) in [6.45, 7) is 0.764. The summed E-state index contributed by atoms with van der Waals surface area (Å²) in [5.41, 5.74) is 11.1. The van der Waals surface area contributed by atoms with Crippen LogP contribution in [0, 0.1) is 0 Å². The Kier molecular flexibility index (Phi) is 5.52. The second-order valence-electron chi connectivity index (χ2n) is 4.66. The summed E-state index contributed by atoms with van der Waals surface area (Å²) in [5, 5.41) is 0. The van der Waals surface area contributed by atoms with Gasteiger partial charge in [0.2, 0.25) is 15.9 Å². The van der Waals surface area contributed by atoms with Crippen LogP contribution in [0.4, 0.5) is 0 Å². The molecule has 1 aromatic rings. The Labute approximate surface area is 124 Å². The van der Waals surface area contributed by atoms with Crippen LogP contribution in [0.25, 0.3) is 0 Å². The number of carbonyl (C=O) groups is 1. The Morgan fingerprint density at radius 2 is 2.05 bits per heavy atom. The van der Waals surface area contributed by atoms with E-state index < -0.39 is 15.9 Å². The zero-order valence-electron chi connectivity index (χ0n) is 10.9. The molecule has 0 bridgehead atoms. The molecule has 1 aliphatic heterocycles. The maximum atomic E-state index is 12.4. The minimum Gasteiger partial charge on any atom is -0.366 e. The maximum Gasteiger partial charge on any atom is 0.248 e. The highest BCUT2D eigenvalue weighted by Crippen LogP contribution is 2.20. The average Bonchev–Trinajstić information content (AvgIpc) is 2.39.